The third kappa shape index (κ3) is 5.80. The molecule has 1 saturated heterocycles. The Bertz CT molecular complexity index is 939. The van der Waals surface area contributed by atoms with E-state index in [1.165, 1.54) is 17.3 Å². The van der Waals surface area contributed by atoms with Crippen LogP contribution in [0.25, 0.3) is 6.08 Å². The van der Waals surface area contributed by atoms with E-state index in [0.29, 0.717) is 35.2 Å². The molecule has 2 aromatic carbocycles. The van der Waals surface area contributed by atoms with E-state index in [4.69, 9.17) is 12.2 Å². The molecule has 156 valence electrons. The van der Waals surface area contributed by atoms with Gasteiger partial charge in [-0.1, -0.05) is 85.5 Å². The highest BCUT2D eigenvalue weighted by molar-refractivity contribution is 8.26. The van der Waals surface area contributed by atoms with Gasteiger partial charge in [-0.05, 0) is 35.6 Å². The average Bonchev–Trinajstić information content (AvgIpc) is 3.02. The zero-order valence-electron chi connectivity index (χ0n) is 17.3. The summed E-state index contributed by atoms with van der Waals surface area (Å²) < 4.78 is 0.557. The molecule has 0 N–H and O–H groups in total. The first-order valence-electron chi connectivity index (χ1n) is 10.1. The first-order chi connectivity index (χ1) is 14.5. The number of aryl methyl sites for hydroxylation is 1. The lowest BCUT2D eigenvalue weighted by molar-refractivity contribution is -0.131. The highest BCUT2D eigenvalue weighted by Gasteiger charge is 2.31. The summed E-state index contributed by atoms with van der Waals surface area (Å²) in [6.45, 7) is 3.16. The summed E-state index contributed by atoms with van der Waals surface area (Å²) in [6.07, 6.45) is 3.85. The normalized spacial score (nSPS) is 15.1. The van der Waals surface area contributed by atoms with Crippen molar-refractivity contribution in [1.29, 1.82) is 0 Å². The van der Waals surface area contributed by atoms with E-state index in [1.807, 2.05) is 55.6 Å². The highest BCUT2D eigenvalue weighted by atomic mass is 32.2. The second-order valence-electron chi connectivity index (χ2n) is 7.27. The van der Waals surface area contributed by atoms with Gasteiger partial charge in [0.05, 0.1) is 4.91 Å². The van der Waals surface area contributed by atoms with Gasteiger partial charge in [0.25, 0.3) is 5.91 Å². The molecule has 1 fully saturated rings. The predicted octanol–water partition coefficient (Wildman–Crippen LogP) is 4.89. The van der Waals surface area contributed by atoms with Crippen LogP contribution < -0.4 is 0 Å². The SMILES string of the molecule is CCc1ccc(C=C2SC(=S)N(CCCC(=O)N(C)Cc3ccccc3)C2=O)cc1. The number of thiocarbonyl (C=S) groups is 1. The summed E-state index contributed by atoms with van der Waals surface area (Å²) in [6, 6.07) is 18.1. The van der Waals surface area contributed by atoms with Crippen LogP contribution in [0, 0.1) is 0 Å². The fourth-order valence-electron chi connectivity index (χ4n) is 3.22. The van der Waals surface area contributed by atoms with Crippen LogP contribution in [-0.4, -0.2) is 39.5 Å². The van der Waals surface area contributed by atoms with Crippen molar-refractivity contribution in [3.63, 3.8) is 0 Å². The number of benzene rings is 2. The molecule has 0 bridgehead atoms. The Morgan fingerprint density at radius 3 is 2.47 bits per heavy atom. The van der Waals surface area contributed by atoms with Crippen molar-refractivity contribution >= 4 is 46.2 Å². The van der Waals surface area contributed by atoms with E-state index in [1.54, 1.807) is 9.80 Å². The quantitative estimate of drug-likeness (QED) is 0.435. The fourth-order valence-corrected chi connectivity index (χ4v) is 4.53. The number of rotatable bonds is 8. The Labute approximate surface area is 187 Å². The van der Waals surface area contributed by atoms with Gasteiger partial charge in [-0.25, -0.2) is 0 Å². The van der Waals surface area contributed by atoms with Crippen molar-refractivity contribution in [2.24, 2.45) is 0 Å². The maximum absolute atomic E-state index is 12.7. The molecule has 1 aliphatic heterocycles. The summed E-state index contributed by atoms with van der Waals surface area (Å²) in [7, 11) is 1.81. The topological polar surface area (TPSA) is 40.6 Å². The van der Waals surface area contributed by atoms with E-state index in [-0.39, 0.29) is 11.8 Å². The molecule has 0 saturated carbocycles. The van der Waals surface area contributed by atoms with Gasteiger partial charge in [0.2, 0.25) is 5.91 Å². The molecule has 0 aliphatic carbocycles. The number of amides is 2. The zero-order chi connectivity index (χ0) is 21.5. The summed E-state index contributed by atoms with van der Waals surface area (Å²) in [4.78, 5) is 29.1. The molecule has 4 nitrogen and oxygen atoms in total. The molecule has 0 unspecified atom stereocenters. The molecule has 2 amide bonds. The maximum Gasteiger partial charge on any atom is 0.266 e. The third-order valence-electron chi connectivity index (χ3n) is 5.02. The Kier molecular flexibility index (Phi) is 7.82. The van der Waals surface area contributed by atoms with Gasteiger partial charge >= 0.3 is 0 Å². The van der Waals surface area contributed by atoms with Gasteiger partial charge in [-0.3, -0.25) is 14.5 Å². The lowest BCUT2D eigenvalue weighted by Gasteiger charge is -2.19. The number of carbonyl (C=O) groups excluding carboxylic acids is 2. The van der Waals surface area contributed by atoms with Crippen molar-refractivity contribution in [3.8, 4) is 0 Å². The van der Waals surface area contributed by atoms with Crippen LogP contribution >= 0.6 is 24.0 Å². The van der Waals surface area contributed by atoms with Gasteiger partial charge in [0.1, 0.15) is 4.32 Å². The van der Waals surface area contributed by atoms with Crippen molar-refractivity contribution in [1.82, 2.24) is 9.80 Å². The number of hydrogen-bond acceptors (Lipinski definition) is 4. The minimum atomic E-state index is -0.0744. The van der Waals surface area contributed by atoms with Gasteiger partial charge in [0.15, 0.2) is 0 Å². The molecule has 2 aromatic rings. The molecule has 0 atom stereocenters. The molecule has 3 rings (SSSR count). The molecule has 6 heteroatoms. The third-order valence-corrected chi connectivity index (χ3v) is 6.40. The van der Waals surface area contributed by atoms with Gasteiger partial charge in [-0.15, -0.1) is 0 Å². The molecule has 1 heterocycles. The van der Waals surface area contributed by atoms with Crippen LogP contribution in [0.15, 0.2) is 59.5 Å². The van der Waals surface area contributed by atoms with Gasteiger partial charge in [-0.2, -0.15) is 0 Å². The summed E-state index contributed by atoms with van der Waals surface area (Å²) >= 11 is 6.73. The number of hydrogen-bond donors (Lipinski definition) is 0. The minimum absolute atomic E-state index is 0.0656. The molecule has 0 radical (unpaired) electrons. The number of carbonyl (C=O) groups is 2. The first-order valence-corrected chi connectivity index (χ1v) is 11.3. The average molecular weight is 439 g/mol. The van der Waals surface area contributed by atoms with E-state index in [2.05, 4.69) is 19.1 Å². The van der Waals surface area contributed by atoms with E-state index in [0.717, 1.165) is 17.5 Å². The molecular weight excluding hydrogens is 412 g/mol. The van der Waals surface area contributed by atoms with E-state index < -0.39 is 0 Å². The molecule has 0 spiro atoms. The molecule has 1 aliphatic rings. The van der Waals surface area contributed by atoms with Gasteiger partial charge in [0, 0.05) is 26.6 Å². The lowest BCUT2D eigenvalue weighted by atomic mass is 10.1. The Balaban J connectivity index is 1.51. The Hall–Kier alpha value is -2.44. The van der Waals surface area contributed by atoms with Gasteiger partial charge < -0.3 is 4.90 Å². The van der Waals surface area contributed by atoms with Crippen LogP contribution in [0.1, 0.15) is 36.5 Å². The van der Waals surface area contributed by atoms with Crippen LogP contribution in [-0.2, 0) is 22.6 Å². The van der Waals surface area contributed by atoms with E-state index >= 15 is 0 Å². The molecule has 30 heavy (non-hydrogen) atoms. The summed E-state index contributed by atoms with van der Waals surface area (Å²) in [5.41, 5.74) is 3.36. The lowest BCUT2D eigenvalue weighted by Crippen LogP contribution is -2.31. The second-order valence-corrected chi connectivity index (χ2v) is 8.94. The minimum Gasteiger partial charge on any atom is -0.341 e. The smallest absolute Gasteiger partial charge is 0.266 e. The summed E-state index contributed by atoms with van der Waals surface area (Å²) in [5, 5.41) is 0. The molecular formula is C24H26N2O2S2. The zero-order valence-corrected chi connectivity index (χ0v) is 19.0. The Morgan fingerprint density at radius 2 is 1.80 bits per heavy atom. The van der Waals surface area contributed by atoms with Crippen molar-refractivity contribution < 1.29 is 9.59 Å². The molecule has 0 aromatic heterocycles. The first kappa shape index (κ1) is 22.2. The standard InChI is InChI=1S/C24H26N2O2S2/c1-3-18-11-13-19(14-12-18)16-21-23(28)26(24(29)30-21)15-7-10-22(27)25(2)17-20-8-5-4-6-9-20/h4-6,8-9,11-14,16H,3,7,10,15,17H2,1-2H3. The number of nitrogens with zero attached hydrogens (tertiary/aromatic N) is 2. The number of thioether (sulfide) groups is 1. The largest absolute Gasteiger partial charge is 0.341 e. The van der Waals surface area contributed by atoms with E-state index in [9.17, 15) is 9.59 Å². The van der Waals surface area contributed by atoms with Crippen molar-refractivity contribution in [2.45, 2.75) is 32.7 Å². The predicted molar refractivity (Wildman–Crippen MR) is 128 cm³/mol. The fraction of sp³-hybridized carbons (Fsp3) is 0.292. The monoisotopic (exact) mass is 438 g/mol. The summed E-state index contributed by atoms with van der Waals surface area (Å²) in [5.74, 6) is -0.00879. The highest BCUT2D eigenvalue weighted by Crippen LogP contribution is 2.32. The van der Waals surface area contributed by atoms with Crippen LogP contribution in [0.4, 0.5) is 0 Å². The van der Waals surface area contributed by atoms with Crippen LogP contribution in [0.2, 0.25) is 0 Å². The van der Waals surface area contributed by atoms with Crippen molar-refractivity contribution in [3.05, 3.63) is 76.2 Å². The maximum atomic E-state index is 12.7. The second kappa shape index (κ2) is 10.5. The Morgan fingerprint density at radius 1 is 1.10 bits per heavy atom. The van der Waals surface area contributed by atoms with Crippen molar-refractivity contribution in [2.75, 3.05) is 13.6 Å². The van der Waals surface area contributed by atoms with Crippen LogP contribution in [0.3, 0.4) is 0 Å². The van der Waals surface area contributed by atoms with Crippen LogP contribution in [0.5, 0.6) is 0 Å².